The second-order valence-electron chi connectivity index (χ2n) is 4.37. The lowest BCUT2D eigenvalue weighted by molar-refractivity contribution is -0.118. The molecule has 1 aromatic rings. The Hall–Kier alpha value is -1.56. The van der Waals surface area contributed by atoms with Crippen LogP contribution in [-0.4, -0.2) is 32.5 Å². The summed E-state index contributed by atoms with van der Waals surface area (Å²) in [5.41, 5.74) is 0.115. The second-order valence-corrected chi connectivity index (χ2v) is 5.97. The molecule has 0 radical (unpaired) electrons. The van der Waals surface area contributed by atoms with Crippen LogP contribution < -0.4 is 5.32 Å². The number of carboxylic acid groups (broad SMARTS) is 1. The third-order valence-corrected chi connectivity index (χ3v) is 4.47. The van der Waals surface area contributed by atoms with Gasteiger partial charge < -0.3 is 10.4 Å². The van der Waals surface area contributed by atoms with E-state index in [1.165, 1.54) is 18.3 Å². The average molecular weight is 266 g/mol. The van der Waals surface area contributed by atoms with E-state index >= 15 is 0 Å². The second kappa shape index (κ2) is 4.97. The summed E-state index contributed by atoms with van der Waals surface area (Å²) in [4.78, 5) is 26.9. The fraction of sp³-hybridized carbons (Fsp3) is 0.417. The molecule has 0 aliphatic carbocycles. The first-order valence-corrected chi connectivity index (χ1v) is 6.64. The fourth-order valence-corrected chi connectivity index (χ4v) is 3.05. The Morgan fingerprint density at radius 1 is 1.56 bits per heavy atom. The number of thioether (sulfide) groups is 1. The number of rotatable bonds is 3. The van der Waals surface area contributed by atoms with Crippen LogP contribution in [0.4, 0.5) is 5.82 Å². The topological polar surface area (TPSA) is 79.3 Å². The van der Waals surface area contributed by atoms with Crippen molar-refractivity contribution in [2.24, 2.45) is 0 Å². The van der Waals surface area contributed by atoms with Crippen molar-refractivity contribution in [3.8, 4) is 0 Å². The summed E-state index contributed by atoms with van der Waals surface area (Å²) in [5.74, 6) is 0.120. The van der Waals surface area contributed by atoms with E-state index in [-0.39, 0.29) is 17.3 Å². The monoisotopic (exact) mass is 266 g/mol. The Morgan fingerprint density at radius 3 is 2.94 bits per heavy atom. The summed E-state index contributed by atoms with van der Waals surface area (Å²) < 4.78 is -0.430. The standard InChI is InChI=1S/C12H14N2O3S/c1-12(4-2-6-18-12)11(17)14-9-7-8(10(15)16)3-5-13-9/h3,5,7H,2,4,6H2,1H3,(H,15,16)(H,13,14,17). The quantitative estimate of drug-likeness (QED) is 0.874. The van der Waals surface area contributed by atoms with Crippen LogP contribution >= 0.6 is 11.8 Å². The van der Waals surface area contributed by atoms with E-state index in [1.54, 1.807) is 11.8 Å². The van der Waals surface area contributed by atoms with Crippen molar-refractivity contribution >= 4 is 29.5 Å². The van der Waals surface area contributed by atoms with Gasteiger partial charge in [0.2, 0.25) is 5.91 Å². The molecule has 1 aliphatic heterocycles. The Labute approximate surface area is 109 Å². The molecule has 0 spiro atoms. The normalized spacial score (nSPS) is 22.7. The van der Waals surface area contributed by atoms with Crippen molar-refractivity contribution in [3.05, 3.63) is 23.9 Å². The van der Waals surface area contributed by atoms with Gasteiger partial charge in [-0.3, -0.25) is 4.79 Å². The minimum absolute atomic E-state index is 0.111. The molecule has 2 N–H and O–H groups in total. The zero-order valence-corrected chi connectivity index (χ0v) is 10.8. The number of aromatic nitrogens is 1. The number of hydrogen-bond acceptors (Lipinski definition) is 4. The van der Waals surface area contributed by atoms with Crippen molar-refractivity contribution in [2.45, 2.75) is 24.5 Å². The van der Waals surface area contributed by atoms with Crippen LogP contribution in [0.25, 0.3) is 0 Å². The highest BCUT2D eigenvalue weighted by Gasteiger charge is 2.37. The number of nitrogens with zero attached hydrogens (tertiary/aromatic N) is 1. The number of carbonyl (C=O) groups is 2. The highest BCUT2D eigenvalue weighted by molar-refractivity contribution is 8.01. The van der Waals surface area contributed by atoms with Gasteiger partial charge in [0, 0.05) is 6.20 Å². The maximum absolute atomic E-state index is 12.1. The Morgan fingerprint density at radius 2 is 2.33 bits per heavy atom. The molecule has 1 aliphatic rings. The summed E-state index contributed by atoms with van der Waals surface area (Å²) in [6.07, 6.45) is 3.24. The van der Waals surface area contributed by atoms with Gasteiger partial charge in [-0.1, -0.05) is 0 Å². The third-order valence-electron chi connectivity index (χ3n) is 2.95. The first-order valence-electron chi connectivity index (χ1n) is 5.66. The number of amides is 1. The SMILES string of the molecule is CC1(C(=O)Nc2cc(C(=O)O)ccn2)CCCS1. The van der Waals surface area contributed by atoms with Crippen molar-refractivity contribution < 1.29 is 14.7 Å². The average Bonchev–Trinajstić information content (AvgIpc) is 2.78. The molecule has 1 atom stereocenters. The van der Waals surface area contributed by atoms with Crippen LogP contribution in [0.5, 0.6) is 0 Å². The minimum Gasteiger partial charge on any atom is -0.478 e. The molecule has 0 bridgehead atoms. The zero-order valence-electron chi connectivity index (χ0n) is 9.97. The minimum atomic E-state index is -1.03. The van der Waals surface area contributed by atoms with E-state index in [1.807, 2.05) is 6.92 Å². The maximum Gasteiger partial charge on any atom is 0.335 e. The number of nitrogens with one attached hydrogen (secondary N) is 1. The van der Waals surface area contributed by atoms with Gasteiger partial charge in [-0.05, 0) is 37.7 Å². The van der Waals surface area contributed by atoms with Crippen LogP contribution in [0, 0.1) is 0 Å². The van der Waals surface area contributed by atoms with E-state index < -0.39 is 10.7 Å². The van der Waals surface area contributed by atoms with Gasteiger partial charge in [-0.2, -0.15) is 0 Å². The first-order chi connectivity index (χ1) is 8.51. The summed E-state index contributed by atoms with van der Waals surface area (Å²) >= 11 is 1.63. The van der Waals surface area contributed by atoms with Gasteiger partial charge in [0.1, 0.15) is 5.82 Å². The Kier molecular flexibility index (Phi) is 3.56. The predicted molar refractivity (Wildman–Crippen MR) is 69.9 cm³/mol. The van der Waals surface area contributed by atoms with Gasteiger partial charge in [0.25, 0.3) is 0 Å². The molecule has 0 aromatic carbocycles. The lowest BCUT2D eigenvalue weighted by Gasteiger charge is -2.21. The summed E-state index contributed by atoms with van der Waals surface area (Å²) in [5, 5.41) is 11.5. The van der Waals surface area contributed by atoms with Crippen molar-refractivity contribution in [2.75, 3.05) is 11.1 Å². The molecule has 96 valence electrons. The van der Waals surface area contributed by atoms with Crippen LogP contribution in [-0.2, 0) is 4.79 Å². The molecule has 1 unspecified atom stereocenters. The molecule has 1 aromatic heterocycles. The molecule has 1 fully saturated rings. The Bertz CT molecular complexity index is 484. The highest BCUT2D eigenvalue weighted by Crippen LogP contribution is 2.38. The number of pyridine rings is 1. The van der Waals surface area contributed by atoms with Crippen LogP contribution in [0.1, 0.15) is 30.1 Å². The summed E-state index contributed by atoms with van der Waals surface area (Å²) in [6, 6.07) is 2.76. The lowest BCUT2D eigenvalue weighted by atomic mass is 10.1. The van der Waals surface area contributed by atoms with E-state index in [9.17, 15) is 9.59 Å². The van der Waals surface area contributed by atoms with Gasteiger partial charge in [-0.15, -0.1) is 11.8 Å². The van der Waals surface area contributed by atoms with E-state index in [4.69, 9.17) is 5.11 Å². The highest BCUT2D eigenvalue weighted by atomic mass is 32.2. The van der Waals surface area contributed by atoms with Crippen molar-refractivity contribution in [3.63, 3.8) is 0 Å². The van der Waals surface area contributed by atoms with E-state index in [2.05, 4.69) is 10.3 Å². The molecule has 2 heterocycles. The van der Waals surface area contributed by atoms with Gasteiger partial charge >= 0.3 is 5.97 Å². The lowest BCUT2D eigenvalue weighted by Crippen LogP contribution is -2.35. The van der Waals surface area contributed by atoms with Crippen LogP contribution in [0.15, 0.2) is 18.3 Å². The van der Waals surface area contributed by atoms with Crippen LogP contribution in [0.2, 0.25) is 0 Å². The molecule has 5 nitrogen and oxygen atoms in total. The number of anilines is 1. The molecule has 6 heteroatoms. The molecule has 0 saturated carbocycles. The first kappa shape index (κ1) is 12.9. The number of carboxylic acids is 1. The van der Waals surface area contributed by atoms with Crippen molar-refractivity contribution in [1.29, 1.82) is 0 Å². The fourth-order valence-electron chi connectivity index (χ4n) is 1.84. The molecule has 2 rings (SSSR count). The zero-order chi connectivity index (χ0) is 13.2. The summed E-state index contributed by atoms with van der Waals surface area (Å²) in [7, 11) is 0. The molecule has 1 saturated heterocycles. The molecule has 1 amide bonds. The molecular formula is C12H14N2O3S. The Balaban J connectivity index is 2.11. The van der Waals surface area contributed by atoms with Gasteiger partial charge in [0.05, 0.1) is 10.3 Å². The predicted octanol–water partition coefficient (Wildman–Crippen LogP) is 2.00. The van der Waals surface area contributed by atoms with Crippen molar-refractivity contribution in [1.82, 2.24) is 4.98 Å². The van der Waals surface area contributed by atoms with Crippen LogP contribution in [0.3, 0.4) is 0 Å². The number of aromatic carboxylic acids is 1. The van der Waals surface area contributed by atoms with Gasteiger partial charge in [-0.25, -0.2) is 9.78 Å². The largest absolute Gasteiger partial charge is 0.478 e. The summed E-state index contributed by atoms with van der Waals surface area (Å²) in [6.45, 7) is 1.90. The molecule has 18 heavy (non-hydrogen) atoms. The van der Waals surface area contributed by atoms with E-state index in [0.717, 1.165) is 18.6 Å². The third kappa shape index (κ3) is 2.64. The molecular weight excluding hydrogens is 252 g/mol. The maximum atomic E-state index is 12.1. The number of hydrogen-bond donors (Lipinski definition) is 2. The smallest absolute Gasteiger partial charge is 0.335 e. The number of carbonyl (C=O) groups excluding carboxylic acids is 1. The van der Waals surface area contributed by atoms with E-state index in [0.29, 0.717) is 0 Å². The van der Waals surface area contributed by atoms with Gasteiger partial charge in [0.15, 0.2) is 0 Å².